The molecule has 0 saturated carbocycles. The number of rotatable bonds is 3. The van der Waals surface area contributed by atoms with Gasteiger partial charge in [-0.05, 0) is 31.5 Å². The van der Waals surface area contributed by atoms with Gasteiger partial charge in [-0.3, -0.25) is 0 Å². The molecule has 5 heteroatoms. The van der Waals surface area contributed by atoms with Crippen molar-refractivity contribution in [3.8, 4) is 5.75 Å². The Bertz CT molecular complexity index is 328. The predicted molar refractivity (Wildman–Crippen MR) is 52.1 cm³/mol. The lowest BCUT2D eigenvalue weighted by Gasteiger charge is -2.09. The van der Waals surface area contributed by atoms with E-state index in [4.69, 9.17) is 14.8 Å². The van der Waals surface area contributed by atoms with Gasteiger partial charge >= 0.3 is 7.12 Å². The summed E-state index contributed by atoms with van der Waals surface area (Å²) in [5, 5.41) is 17.8. The molecule has 0 saturated heterocycles. The van der Waals surface area contributed by atoms with Crippen molar-refractivity contribution in [1.82, 2.24) is 0 Å². The van der Waals surface area contributed by atoms with Crippen molar-refractivity contribution >= 4 is 12.6 Å². The maximum absolute atomic E-state index is 13.3. The molecule has 0 bridgehead atoms. The average molecular weight is 198 g/mol. The van der Waals surface area contributed by atoms with E-state index in [2.05, 4.69) is 0 Å². The largest absolute Gasteiger partial charge is 0.494 e. The van der Waals surface area contributed by atoms with E-state index in [0.29, 0.717) is 17.9 Å². The Kier molecular flexibility index (Phi) is 3.49. The van der Waals surface area contributed by atoms with Gasteiger partial charge in [0, 0.05) is 5.46 Å². The van der Waals surface area contributed by atoms with Crippen LogP contribution in [0.5, 0.6) is 5.75 Å². The van der Waals surface area contributed by atoms with Crippen molar-refractivity contribution in [2.24, 2.45) is 0 Å². The summed E-state index contributed by atoms with van der Waals surface area (Å²) >= 11 is 0. The van der Waals surface area contributed by atoms with E-state index in [0.717, 1.165) is 0 Å². The third-order valence-corrected chi connectivity index (χ3v) is 1.85. The lowest BCUT2D eigenvalue weighted by Crippen LogP contribution is -2.33. The molecule has 0 aliphatic heterocycles. The Balaban J connectivity index is 3.14. The maximum atomic E-state index is 13.3. The summed E-state index contributed by atoms with van der Waals surface area (Å²) in [5.74, 6) is -0.169. The molecule has 14 heavy (non-hydrogen) atoms. The van der Waals surface area contributed by atoms with Crippen molar-refractivity contribution in [3.63, 3.8) is 0 Å². The highest BCUT2D eigenvalue weighted by Crippen LogP contribution is 2.14. The quantitative estimate of drug-likeness (QED) is 0.682. The average Bonchev–Trinajstić information content (AvgIpc) is 2.11. The van der Waals surface area contributed by atoms with Crippen molar-refractivity contribution in [1.29, 1.82) is 0 Å². The Labute approximate surface area is 82.3 Å². The fourth-order valence-electron chi connectivity index (χ4n) is 1.20. The smallest absolute Gasteiger partial charge is 0.491 e. The van der Waals surface area contributed by atoms with Gasteiger partial charge in [0.15, 0.2) is 0 Å². The van der Waals surface area contributed by atoms with Crippen LogP contribution in [0.2, 0.25) is 0 Å². The zero-order chi connectivity index (χ0) is 10.7. The van der Waals surface area contributed by atoms with Gasteiger partial charge in [0.25, 0.3) is 0 Å². The van der Waals surface area contributed by atoms with E-state index in [1.807, 2.05) is 0 Å². The van der Waals surface area contributed by atoms with Crippen LogP contribution < -0.4 is 10.2 Å². The molecule has 1 rings (SSSR count). The molecule has 0 aliphatic rings. The highest BCUT2D eigenvalue weighted by atomic mass is 19.1. The van der Waals surface area contributed by atoms with E-state index >= 15 is 0 Å². The van der Waals surface area contributed by atoms with Gasteiger partial charge in [0.1, 0.15) is 11.6 Å². The molecule has 0 aromatic heterocycles. The molecule has 76 valence electrons. The first-order chi connectivity index (χ1) is 6.56. The summed E-state index contributed by atoms with van der Waals surface area (Å²) in [6.07, 6.45) is 0. The number of hydrogen-bond donors (Lipinski definition) is 2. The number of hydrogen-bond acceptors (Lipinski definition) is 3. The van der Waals surface area contributed by atoms with E-state index < -0.39 is 12.9 Å². The summed E-state index contributed by atoms with van der Waals surface area (Å²) in [6, 6.07) is 2.81. The molecule has 0 aliphatic carbocycles. The van der Waals surface area contributed by atoms with Crippen molar-refractivity contribution in [3.05, 3.63) is 23.5 Å². The highest BCUT2D eigenvalue weighted by molar-refractivity contribution is 6.58. The molecular weight excluding hydrogens is 186 g/mol. The molecule has 0 spiro atoms. The first-order valence-electron chi connectivity index (χ1n) is 4.35. The Morgan fingerprint density at radius 3 is 2.57 bits per heavy atom. The lowest BCUT2D eigenvalue weighted by atomic mass is 9.79. The molecule has 1 aromatic carbocycles. The Morgan fingerprint density at radius 1 is 1.43 bits per heavy atom. The van der Waals surface area contributed by atoms with Crippen LogP contribution in [0.1, 0.15) is 12.5 Å². The standard InChI is InChI=1S/C9H12BFO3/c1-3-14-7-4-6(2)9(11)8(5-7)10(12)13/h4-5,12-13H,3H2,1-2H3. The molecule has 0 atom stereocenters. The van der Waals surface area contributed by atoms with Gasteiger partial charge in [-0.2, -0.15) is 0 Å². The third kappa shape index (κ3) is 2.24. The van der Waals surface area contributed by atoms with Crippen LogP contribution >= 0.6 is 0 Å². The van der Waals surface area contributed by atoms with Crippen molar-refractivity contribution < 1.29 is 19.2 Å². The summed E-state index contributed by atoms with van der Waals surface area (Å²) in [6.45, 7) is 3.80. The minimum Gasteiger partial charge on any atom is -0.494 e. The number of halogens is 1. The second-order valence-electron chi connectivity index (χ2n) is 2.95. The van der Waals surface area contributed by atoms with E-state index in [9.17, 15) is 4.39 Å². The summed E-state index contributed by atoms with van der Waals surface area (Å²) < 4.78 is 18.4. The van der Waals surface area contributed by atoms with Gasteiger partial charge < -0.3 is 14.8 Å². The third-order valence-electron chi connectivity index (χ3n) is 1.85. The lowest BCUT2D eigenvalue weighted by molar-refractivity contribution is 0.339. The van der Waals surface area contributed by atoms with Crippen LogP contribution in [0.4, 0.5) is 4.39 Å². The van der Waals surface area contributed by atoms with Gasteiger partial charge in [-0.1, -0.05) is 0 Å². The highest BCUT2D eigenvalue weighted by Gasteiger charge is 2.19. The molecule has 0 fully saturated rings. The van der Waals surface area contributed by atoms with Crippen LogP contribution in [0.25, 0.3) is 0 Å². The summed E-state index contributed by atoms with van der Waals surface area (Å²) in [4.78, 5) is 0. The molecular formula is C9H12BFO3. The predicted octanol–water partition coefficient (Wildman–Crippen LogP) is 0.213. The molecule has 0 unspecified atom stereocenters. The normalized spacial score (nSPS) is 10.1. The topological polar surface area (TPSA) is 49.7 Å². The molecule has 2 N–H and O–H groups in total. The van der Waals surface area contributed by atoms with Gasteiger partial charge in [0.2, 0.25) is 0 Å². The summed E-state index contributed by atoms with van der Waals surface area (Å²) in [7, 11) is -1.81. The van der Waals surface area contributed by atoms with Crippen LogP contribution in [0.3, 0.4) is 0 Å². The van der Waals surface area contributed by atoms with E-state index in [1.165, 1.54) is 12.1 Å². The van der Waals surface area contributed by atoms with Gasteiger partial charge in [-0.25, -0.2) is 4.39 Å². The van der Waals surface area contributed by atoms with Crippen LogP contribution in [0.15, 0.2) is 12.1 Å². The number of aryl methyl sites for hydroxylation is 1. The summed E-state index contributed by atoms with van der Waals surface area (Å²) in [5.41, 5.74) is 0.174. The van der Waals surface area contributed by atoms with E-state index in [1.54, 1.807) is 13.8 Å². The molecule has 3 nitrogen and oxygen atoms in total. The van der Waals surface area contributed by atoms with Crippen molar-refractivity contribution in [2.45, 2.75) is 13.8 Å². The fraction of sp³-hybridized carbons (Fsp3) is 0.333. The minimum absolute atomic E-state index is 0.159. The molecule has 0 heterocycles. The molecule has 0 radical (unpaired) electrons. The second kappa shape index (κ2) is 4.44. The van der Waals surface area contributed by atoms with Crippen LogP contribution in [-0.4, -0.2) is 23.8 Å². The van der Waals surface area contributed by atoms with Crippen LogP contribution in [0, 0.1) is 12.7 Å². The van der Waals surface area contributed by atoms with E-state index in [-0.39, 0.29) is 5.46 Å². The first kappa shape index (κ1) is 11.0. The second-order valence-corrected chi connectivity index (χ2v) is 2.95. The molecule has 1 aromatic rings. The maximum Gasteiger partial charge on any atom is 0.491 e. The number of ether oxygens (including phenoxy) is 1. The Hall–Kier alpha value is -1.07. The van der Waals surface area contributed by atoms with Crippen molar-refractivity contribution in [2.75, 3.05) is 6.61 Å². The first-order valence-corrected chi connectivity index (χ1v) is 4.35. The fourth-order valence-corrected chi connectivity index (χ4v) is 1.20. The SMILES string of the molecule is CCOc1cc(C)c(F)c(B(O)O)c1. The van der Waals surface area contributed by atoms with Gasteiger partial charge in [-0.15, -0.1) is 0 Å². The van der Waals surface area contributed by atoms with Gasteiger partial charge in [0.05, 0.1) is 6.61 Å². The number of benzene rings is 1. The van der Waals surface area contributed by atoms with Crippen LogP contribution in [-0.2, 0) is 0 Å². The Morgan fingerprint density at radius 2 is 2.07 bits per heavy atom. The minimum atomic E-state index is -1.81. The monoisotopic (exact) mass is 198 g/mol. The zero-order valence-corrected chi connectivity index (χ0v) is 8.12. The molecule has 0 amide bonds. The zero-order valence-electron chi connectivity index (χ0n) is 8.12.